The van der Waals surface area contributed by atoms with E-state index < -0.39 is 0 Å². The average molecular weight is 591 g/mol. The Labute approximate surface area is 264 Å². The number of aromatic nitrogens is 4. The van der Waals surface area contributed by atoms with Crippen molar-refractivity contribution in [3.8, 4) is 34.1 Å². The molecule has 0 bridgehead atoms. The Kier molecular flexibility index (Phi) is 7.04. The van der Waals surface area contributed by atoms with Gasteiger partial charge in [-0.1, -0.05) is 38.1 Å². The van der Waals surface area contributed by atoms with Gasteiger partial charge in [0.15, 0.2) is 0 Å². The van der Waals surface area contributed by atoms with Gasteiger partial charge in [0.1, 0.15) is 17.3 Å². The van der Waals surface area contributed by atoms with Gasteiger partial charge in [-0.15, -0.1) is 0 Å². The largest absolute Gasteiger partial charge is 0.457 e. The topological polar surface area (TPSA) is 44.9 Å². The van der Waals surface area contributed by atoms with Gasteiger partial charge in [-0.05, 0) is 122 Å². The number of benzene rings is 4. The van der Waals surface area contributed by atoms with Gasteiger partial charge >= 0.3 is 0 Å². The van der Waals surface area contributed by atoms with Gasteiger partial charge in [0.25, 0.3) is 0 Å². The van der Waals surface area contributed by atoms with Crippen LogP contribution in [0.15, 0.2) is 97.5 Å². The molecule has 0 saturated heterocycles. The number of hydrogen-bond acceptors (Lipinski definition) is 3. The van der Waals surface area contributed by atoms with Crippen LogP contribution in [0.3, 0.4) is 0 Å². The van der Waals surface area contributed by atoms with Crippen LogP contribution in [0.2, 0.25) is 0 Å². The summed E-state index contributed by atoms with van der Waals surface area (Å²) in [6.07, 6.45) is 5.99. The molecule has 0 aliphatic carbocycles. The maximum Gasteiger partial charge on any atom is 0.137 e. The normalized spacial score (nSPS) is 11.6. The van der Waals surface area contributed by atoms with Crippen molar-refractivity contribution in [3.63, 3.8) is 0 Å². The minimum Gasteiger partial charge on any atom is -0.457 e. The highest BCUT2D eigenvalue weighted by molar-refractivity contribution is 6.09. The molecule has 4 aromatic carbocycles. The van der Waals surface area contributed by atoms with Crippen molar-refractivity contribution in [1.82, 2.24) is 19.3 Å². The van der Waals surface area contributed by atoms with E-state index in [-0.39, 0.29) is 0 Å². The molecule has 0 radical (unpaired) electrons. The van der Waals surface area contributed by atoms with Crippen LogP contribution in [0.5, 0.6) is 11.5 Å². The summed E-state index contributed by atoms with van der Waals surface area (Å²) in [5.74, 6) is 2.84. The predicted molar refractivity (Wildman–Crippen MR) is 185 cm³/mol. The first-order valence-electron chi connectivity index (χ1n) is 15.6. The van der Waals surface area contributed by atoms with E-state index >= 15 is 0 Å². The molecule has 0 unspecified atom stereocenters. The first-order valence-corrected chi connectivity index (χ1v) is 15.6. The molecule has 0 aliphatic heterocycles. The second-order valence-corrected chi connectivity index (χ2v) is 12.4. The Bertz CT molecular complexity index is 2200. The number of hydrogen-bond donors (Lipinski definition) is 0. The lowest BCUT2D eigenvalue weighted by atomic mass is 9.87. The summed E-state index contributed by atoms with van der Waals surface area (Å²) in [6, 6.07) is 27.2. The number of fused-ring (bicyclic) bond motifs is 3. The Morgan fingerprint density at radius 2 is 1.38 bits per heavy atom. The van der Waals surface area contributed by atoms with E-state index in [1.807, 2.05) is 41.3 Å². The van der Waals surface area contributed by atoms with Gasteiger partial charge in [0, 0.05) is 40.9 Å². The lowest BCUT2D eigenvalue weighted by molar-refractivity contribution is 0.483. The third kappa shape index (κ3) is 4.89. The van der Waals surface area contributed by atoms with Crippen LogP contribution in [-0.4, -0.2) is 19.3 Å². The van der Waals surface area contributed by atoms with Crippen LogP contribution >= 0.6 is 0 Å². The number of para-hydroxylation sites is 1. The van der Waals surface area contributed by atoms with Crippen molar-refractivity contribution < 1.29 is 4.74 Å². The third-order valence-corrected chi connectivity index (χ3v) is 9.50. The zero-order chi connectivity index (χ0) is 31.4. The molecule has 5 heteroatoms. The molecule has 0 fully saturated rings. The van der Waals surface area contributed by atoms with Gasteiger partial charge in [-0.25, -0.2) is 9.67 Å². The molecule has 7 rings (SSSR count). The molecule has 7 aromatic rings. The molecule has 0 amide bonds. The quantitative estimate of drug-likeness (QED) is 0.194. The fourth-order valence-electron chi connectivity index (χ4n) is 6.53. The van der Waals surface area contributed by atoms with E-state index in [0.717, 1.165) is 39.6 Å². The van der Waals surface area contributed by atoms with Crippen LogP contribution in [0.25, 0.3) is 44.4 Å². The number of rotatable bonds is 6. The van der Waals surface area contributed by atoms with Gasteiger partial charge in [-0.2, -0.15) is 5.10 Å². The predicted octanol–water partition coefficient (Wildman–Crippen LogP) is 10.5. The highest BCUT2D eigenvalue weighted by atomic mass is 16.5. The highest BCUT2D eigenvalue weighted by Crippen LogP contribution is 2.37. The zero-order valence-electron chi connectivity index (χ0n) is 27.0. The summed E-state index contributed by atoms with van der Waals surface area (Å²) in [5, 5.41) is 7.11. The Morgan fingerprint density at radius 3 is 2.16 bits per heavy atom. The molecule has 5 nitrogen and oxygen atoms in total. The number of nitrogens with zero attached hydrogens (tertiary/aromatic N) is 4. The highest BCUT2D eigenvalue weighted by Gasteiger charge is 2.17. The fourth-order valence-corrected chi connectivity index (χ4v) is 6.53. The van der Waals surface area contributed by atoms with Crippen LogP contribution in [-0.2, 0) is 0 Å². The van der Waals surface area contributed by atoms with Crippen LogP contribution in [0, 0.1) is 34.6 Å². The van der Waals surface area contributed by atoms with Gasteiger partial charge < -0.3 is 4.74 Å². The molecular weight excluding hydrogens is 552 g/mol. The third-order valence-electron chi connectivity index (χ3n) is 9.50. The Hall–Kier alpha value is -5.16. The van der Waals surface area contributed by atoms with Crippen molar-refractivity contribution in [1.29, 1.82) is 0 Å². The summed E-state index contributed by atoms with van der Waals surface area (Å²) in [6.45, 7) is 15.5. The van der Waals surface area contributed by atoms with E-state index in [9.17, 15) is 0 Å². The maximum atomic E-state index is 6.50. The Morgan fingerprint density at radius 1 is 0.667 bits per heavy atom. The van der Waals surface area contributed by atoms with Gasteiger partial charge in [0.05, 0.1) is 22.9 Å². The first kappa shape index (κ1) is 28.6. The van der Waals surface area contributed by atoms with Crippen molar-refractivity contribution in [3.05, 3.63) is 131 Å². The zero-order valence-corrected chi connectivity index (χ0v) is 27.0. The molecule has 0 atom stereocenters. The van der Waals surface area contributed by atoms with Gasteiger partial charge in [-0.3, -0.25) is 4.57 Å². The van der Waals surface area contributed by atoms with Crippen molar-refractivity contribution in [2.45, 2.75) is 54.4 Å². The van der Waals surface area contributed by atoms with Gasteiger partial charge in [0.2, 0.25) is 0 Å². The monoisotopic (exact) mass is 590 g/mol. The van der Waals surface area contributed by atoms with Crippen LogP contribution < -0.4 is 4.74 Å². The Balaban J connectivity index is 1.25. The summed E-state index contributed by atoms with van der Waals surface area (Å²) >= 11 is 0. The minimum atomic E-state index is 0.412. The summed E-state index contributed by atoms with van der Waals surface area (Å²) in [4.78, 5) is 4.78. The molecule has 0 N–H and O–H groups in total. The van der Waals surface area contributed by atoms with E-state index in [2.05, 4.69) is 114 Å². The number of ether oxygens (including phenoxy) is 1. The van der Waals surface area contributed by atoms with E-state index in [0.29, 0.717) is 5.92 Å². The minimum absolute atomic E-state index is 0.412. The van der Waals surface area contributed by atoms with Crippen molar-refractivity contribution >= 4 is 21.8 Å². The lowest BCUT2D eigenvalue weighted by Gasteiger charge is -2.17. The van der Waals surface area contributed by atoms with Crippen molar-refractivity contribution in [2.75, 3.05) is 0 Å². The lowest BCUT2D eigenvalue weighted by Crippen LogP contribution is -1.99. The summed E-state index contributed by atoms with van der Waals surface area (Å²) < 4.78 is 10.7. The smallest absolute Gasteiger partial charge is 0.137 e. The fraction of sp³-hybridized carbons (Fsp3) is 0.200. The van der Waals surface area contributed by atoms with Crippen LogP contribution in [0.1, 0.15) is 53.1 Å². The van der Waals surface area contributed by atoms with E-state index in [1.165, 1.54) is 49.7 Å². The molecular formula is C40H38N4O. The molecule has 45 heavy (non-hydrogen) atoms. The average Bonchev–Trinajstić information content (AvgIpc) is 3.66. The van der Waals surface area contributed by atoms with E-state index in [4.69, 9.17) is 14.8 Å². The summed E-state index contributed by atoms with van der Waals surface area (Å²) in [5.41, 5.74) is 13.5. The molecule has 0 saturated carbocycles. The second kappa shape index (κ2) is 11.1. The second-order valence-electron chi connectivity index (χ2n) is 12.4. The standard InChI is InChI=1S/C40H38N4O/c1-24(2)30-17-18-41-39(19-30)44-37-14-9-8-13-35(37)36-16-15-34(21-38(36)44)45-33-12-10-11-32(20-33)43-23-31(22-42-43)40-28(6)26(4)25(3)27(5)29(40)7/h8-24H,1-7H3. The van der Waals surface area contributed by atoms with Crippen LogP contribution in [0.4, 0.5) is 0 Å². The van der Waals surface area contributed by atoms with Crippen molar-refractivity contribution in [2.24, 2.45) is 0 Å². The summed E-state index contributed by atoms with van der Waals surface area (Å²) in [7, 11) is 0. The van der Waals surface area contributed by atoms with E-state index in [1.54, 1.807) is 0 Å². The first-order chi connectivity index (χ1) is 21.7. The molecule has 224 valence electrons. The molecule has 0 aliphatic rings. The molecule has 3 aromatic heterocycles. The number of pyridine rings is 1. The SMILES string of the molecule is Cc1c(C)c(C)c(-c2cnn(-c3cccc(Oc4ccc5c6ccccc6n(-c6cc(C(C)C)ccn6)c5c4)c3)c2)c(C)c1C. The maximum absolute atomic E-state index is 6.50. The molecule has 3 heterocycles. The molecule has 0 spiro atoms.